The molecule has 0 aromatic rings. The second kappa shape index (κ2) is 15.7. The smallest absolute Gasteiger partial charge is 0.224 e. The van der Waals surface area contributed by atoms with Crippen LogP contribution in [-0.2, 0) is 0 Å². The monoisotopic (exact) mass is 670 g/mol. The fourth-order valence-corrected chi connectivity index (χ4v) is 8.97. The Labute approximate surface area is 286 Å². The third-order valence-electron chi connectivity index (χ3n) is 9.47. The Morgan fingerprint density at radius 1 is 0.844 bits per heavy atom. The molecule has 45 heavy (non-hydrogen) atoms. The minimum Gasteiger partial charge on any atom is -0.351 e. The average Bonchev–Trinajstić information content (AvgIpc) is 2.81. The Morgan fingerprint density at radius 2 is 1.40 bits per heavy atom. The van der Waals surface area contributed by atoms with Crippen LogP contribution in [0.2, 0.25) is 0 Å². The first-order valence-electron chi connectivity index (χ1n) is 17.8. The molecule has 0 spiro atoms. The van der Waals surface area contributed by atoms with Crippen LogP contribution in [0.1, 0.15) is 153 Å². The lowest BCUT2D eigenvalue weighted by molar-refractivity contribution is 0.112. The molecular weight excluding hydrogens is 603 g/mol. The minimum atomic E-state index is -0.627. The number of nitrogens with one attached hydrogen (secondary N) is 5. The van der Waals surface area contributed by atoms with E-state index < -0.39 is 5.62 Å². The quantitative estimate of drug-likeness (QED) is 0.0709. The maximum atomic E-state index is 7.01. The Morgan fingerprint density at radius 3 is 1.96 bits per heavy atom. The Balaban J connectivity index is 1.70. The lowest BCUT2D eigenvalue weighted by Gasteiger charge is -2.49. The van der Waals surface area contributed by atoms with Crippen LogP contribution in [0.3, 0.4) is 0 Å². The molecule has 2 saturated heterocycles. The Kier molecular flexibility index (Phi) is 13.6. The molecule has 0 saturated carbocycles. The van der Waals surface area contributed by atoms with Crippen LogP contribution >= 0.6 is 23.2 Å². The highest BCUT2D eigenvalue weighted by atomic mass is 35.5. The summed E-state index contributed by atoms with van der Waals surface area (Å²) < 4.78 is 0. The zero-order valence-corrected chi connectivity index (χ0v) is 32.1. The van der Waals surface area contributed by atoms with Gasteiger partial charge in [-0.25, -0.2) is 4.99 Å². The van der Waals surface area contributed by atoms with Gasteiger partial charge >= 0.3 is 0 Å². The van der Waals surface area contributed by atoms with Crippen molar-refractivity contribution in [2.75, 3.05) is 6.54 Å². The van der Waals surface area contributed by atoms with Gasteiger partial charge in [0.2, 0.25) is 16.9 Å². The number of guanidine groups is 1. The molecule has 0 amide bonds. The number of aliphatic imine (C=N–C) groups is 2. The summed E-state index contributed by atoms with van der Waals surface area (Å²) in [5, 5.41) is 19.5. The van der Waals surface area contributed by atoms with E-state index in [9.17, 15) is 0 Å². The lowest BCUT2D eigenvalue weighted by atomic mass is 9.79. The van der Waals surface area contributed by atoms with Crippen LogP contribution < -0.4 is 26.6 Å². The van der Waals surface area contributed by atoms with Crippen molar-refractivity contribution < 1.29 is 0 Å². The van der Waals surface area contributed by atoms with Gasteiger partial charge in [0.05, 0.1) is 6.17 Å². The van der Waals surface area contributed by atoms with Gasteiger partial charge in [-0.15, -0.1) is 0 Å². The van der Waals surface area contributed by atoms with Crippen molar-refractivity contribution in [3.05, 3.63) is 0 Å². The molecule has 0 bridgehead atoms. The van der Waals surface area contributed by atoms with Gasteiger partial charge < -0.3 is 21.3 Å². The van der Waals surface area contributed by atoms with Crippen molar-refractivity contribution in [2.45, 2.75) is 205 Å². The maximum absolute atomic E-state index is 7.01. The van der Waals surface area contributed by atoms with Crippen LogP contribution in [0.25, 0.3) is 0 Å². The fourth-order valence-electron chi connectivity index (χ4n) is 8.42. The van der Waals surface area contributed by atoms with E-state index >= 15 is 0 Å². The van der Waals surface area contributed by atoms with Gasteiger partial charge in [0, 0.05) is 39.8 Å². The molecule has 3 aliphatic heterocycles. The summed E-state index contributed by atoms with van der Waals surface area (Å²) in [5.74, 6) is 0.722. The van der Waals surface area contributed by atoms with Gasteiger partial charge in [0.25, 0.3) is 0 Å². The SMILES string of the molecule is CCCCCC(C)(C)NC1=NC(Cl)=NC(Cl)N1C(CCCCCNC1CC(C)(C)NC(C)(C)C1)NC1CC(C)(C)NC(C)(C)C1. The summed E-state index contributed by atoms with van der Waals surface area (Å²) in [4.78, 5) is 11.4. The standard InChI is InChI=1S/C35H68Cl2N8/c1-12-13-16-19-31(2,3)42-30-41-28(36)40-29(37)45(30)27(39-26-23-34(8,9)44-35(10,11)24-26)18-15-14-17-20-38-25-21-32(4,5)43-33(6,7)22-25/h25-27,29,38-39,43-44H,12-24H2,1-11H3,(H,40,41,42). The number of nitrogens with zero attached hydrogens (tertiary/aromatic N) is 3. The van der Waals surface area contributed by atoms with E-state index in [1.807, 2.05) is 0 Å². The van der Waals surface area contributed by atoms with Crippen LogP contribution in [0.4, 0.5) is 0 Å². The number of alkyl halides is 1. The maximum Gasteiger partial charge on any atom is 0.224 e. The Hall–Kier alpha value is -0.640. The zero-order valence-electron chi connectivity index (χ0n) is 30.6. The van der Waals surface area contributed by atoms with Crippen molar-refractivity contribution >= 4 is 34.5 Å². The molecule has 8 nitrogen and oxygen atoms in total. The van der Waals surface area contributed by atoms with Gasteiger partial charge in [0.15, 0.2) is 0 Å². The summed E-state index contributed by atoms with van der Waals surface area (Å²) in [6.45, 7) is 26.3. The van der Waals surface area contributed by atoms with Crippen molar-refractivity contribution in [2.24, 2.45) is 9.98 Å². The highest BCUT2D eigenvalue weighted by Crippen LogP contribution is 2.31. The van der Waals surface area contributed by atoms with E-state index in [1.54, 1.807) is 0 Å². The molecule has 2 fully saturated rings. The van der Waals surface area contributed by atoms with E-state index in [4.69, 9.17) is 28.2 Å². The molecule has 2 atom stereocenters. The van der Waals surface area contributed by atoms with E-state index in [1.165, 1.54) is 12.8 Å². The third kappa shape index (κ3) is 13.1. The average molecular weight is 672 g/mol. The molecule has 262 valence electrons. The summed E-state index contributed by atoms with van der Waals surface area (Å²) >= 11 is 13.4. The van der Waals surface area contributed by atoms with Crippen molar-refractivity contribution in [3.8, 4) is 0 Å². The second-order valence-corrected chi connectivity index (χ2v) is 18.2. The van der Waals surface area contributed by atoms with E-state index in [-0.39, 0.29) is 39.2 Å². The number of hydrogen-bond donors (Lipinski definition) is 5. The summed E-state index contributed by atoms with van der Waals surface area (Å²) in [6, 6.07) is 0.884. The highest BCUT2D eigenvalue weighted by molar-refractivity contribution is 6.66. The summed E-state index contributed by atoms with van der Waals surface area (Å²) in [7, 11) is 0. The van der Waals surface area contributed by atoms with Crippen molar-refractivity contribution in [1.82, 2.24) is 31.5 Å². The van der Waals surface area contributed by atoms with Gasteiger partial charge in [0.1, 0.15) is 0 Å². The number of piperidine rings is 2. The number of amidine groups is 1. The van der Waals surface area contributed by atoms with Crippen molar-refractivity contribution in [3.63, 3.8) is 0 Å². The van der Waals surface area contributed by atoms with E-state index in [0.717, 1.165) is 76.7 Å². The number of rotatable bonds is 15. The van der Waals surface area contributed by atoms with Gasteiger partial charge in [-0.05, 0) is 139 Å². The lowest BCUT2D eigenvalue weighted by Crippen LogP contribution is -2.66. The molecule has 3 aliphatic rings. The number of hydrogen-bond acceptors (Lipinski definition) is 8. The van der Waals surface area contributed by atoms with Gasteiger partial charge in [-0.1, -0.05) is 44.2 Å². The topological polar surface area (TPSA) is 88.1 Å². The molecule has 10 heteroatoms. The van der Waals surface area contributed by atoms with Crippen LogP contribution in [0.5, 0.6) is 0 Å². The normalized spacial score (nSPS) is 25.9. The number of halogens is 2. The van der Waals surface area contributed by atoms with E-state index in [2.05, 4.69) is 113 Å². The molecular formula is C35H68Cl2N8. The summed E-state index contributed by atoms with van der Waals surface area (Å²) in [6.07, 6.45) is 13.3. The summed E-state index contributed by atoms with van der Waals surface area (Å²) in [5.41, 5.74) is -0.388. The molecule has 2 unspecified atom stereocenters. The number of unbranched alkanes of at least 4 members (excludes halogenated alkanes) is 4. The van der Waals surface area contributed by atoms with Gasteiger partial charge in [-0.2, -0.15) is 4.99 Å². The largest absolute Gasteiger partial charge is 0.351 e. The zero-order chi connectivity index (χ0) is 33.7. The van der Waals surface area contributed by atoms with E-state index in [0.29, 0.717) is 12.1 Å². The van der Waals surface area contributed by atoms with Crippen molar-refractivity contribution in [1.29, 1.82) is 0 Å². The van der Waals surface area contributed by atoms with Gasteiger partial charge in [-0.3, -0.25) is 10.2 Å². The molecule has 0 radical (unpaired) electrons. The molecule has 0 aromatic heterocycles. The first-order chi connectivity index (χ1) is 20.7. The molecule has 3 heterocycles. The Bertz CT molecular complexity index is 974. The second-order valence-electron chi connectivity index (χ2n) is 17.5. The molecule has 3 rings (SSSR count). The van der Waals surface area contributed by atoms with Crippen LogP contribution in [0, 0.1) is 0 Å². The molecule has 0 aliphatic carbocycles. The fraction of sp³-hybridized carbons (Fsp3) is 0.943. The first-order valence-corrected chi connectivity index (χ1v) is 18.6. The predicted molar refractivity (Wildman–Crippen MR) is 196 cm³/mol. The third-order valence-corrected chi connectivity index (χ3v) is 9.96. The first kappa shape index (κ1) is 38.8. The minimum absolute atomic E-state index is 0.0209. The van der Waals surface area contributed by atoms with Crippen LogP contribution in [-0.4, -0.2) is 74.3 Å². The highest BCUT2D eigenvalue weighted by Gasteiger charge is 2.41. The van der Waals surface area contributed by atoms with Crippen LogP contribution in [0.15, 0.2) is 9.98 Å². The predicted octanol–water partition coefficient (Wildman–Crippen LogP) is 7.41. The molecule has 0 aromatic carbocycles. The molecule has 5 N–H and O–H groups in total.